The molecule has 2 nitrogen and oxygen atoms in total. The van der Waals surface area contributed by atoms with Gasteiger partial charge in [0.25, 0.3) is 0 Å². The molecule has 0 heterocycles. The lowest BCUT2D eigenvalue weighted by Gasteiger charge is -2.26. The molecule has 1 aliphatic carbocycles. The van der Waals surface area contributed by atoms with Gasteiger partial charge in [-0.05, 0) is 52.8 Å². The zero-order chi connectivity index (χ0) is 12.8. The molecule has 0 amide bonds. The summed E-state index contributed by atoms with van der Waals surface area (Å²) in [5.41, 5.74) is 0. The van der Waals surface area contributed by atoms with Crippen LogP contribution in [0.2, 0.25) is 0 Å². The van der Waals surface area contributed by atoms with E-state index >= 15 is 0 Å². The predicted octanol–water partition coefficient (Wildman–Crippen LogP) is 3.99. The van der Waals surface area contributed by atoms with Crippen molar-refractivity contribution >= 4 is 21.7 Å². The Bertz CT molecular complexity index is 355. The fourth-order valence-corrected chi connectivity index (χ4v) is 2.72. The summed E-state index contributed by atoms with van der Waals surface area (Å²) in [6.07, 6.45) is 8.19. The summed E-state index contributed by atoms with van der Waals surface area (Å²) >= 11 is 3.50. The van der Waals surface area contributed by atoms with Crippen LogP contribution in [0, 0.1) is 11.8 Å². The highest BCUT2D eigenvalue weighted by Crippen LogP contribution is 2.35. The number of ether oxygens (including phenoxy) is 1. The molecule has 0 aromatic rings. The van der Waals surface area contributed by atoms with Crippen molar-refractivity contribution in [1.29, 1.82) is 0 Å². The molecule has 0 bridgehead atoms. The SMILES string of the molecule is C=CC(=O)CCC1C=C(Br)C(OC)=CC1CC. The first-order chi connectivity index (χ1) is 8.12. The van der Waals surface area contributed by atoms with Gasteiger partial charge in [-0.15, -0.1) is 0 Å². The Morgan fingerprint density at radius 2 is 2.24 bits per heavy atom. The Labute approximate surface area is 112 Å². The van der Waals surface area contributed by atoms with E-state index < -0.39 is 0 Å². The van der Waals surface area contributed by atoms with Gasteiger partial charge in [0.2, 0.25) is 0 Å². The van der Waals surface area contributed by atoms with Crippen molar-refractivity contribution in [2.75, 3.05) is 7.11 Å². The average Bonchev–Trinajstić information content (AvgIpc) is 2.35. The van der Waals surface area contributed by atoms with Gasteiger partial charge in [0.05, 0.1) is 11.6 Å². The molecule has 1 aliphatic rings. The van der Waals surface area contributed by atoms with E-state index in [1.165, 1.54) is 6.08 Å². The second-order valence-corrected chi connectivity index (χ2v) is 5.05. The maximum atomic E-state index is 11.3. The van der Waals surface area contributed by atoms with Crippen LogP contribution in [-0.2, 0) is 9.53 Å². The summed E-state index contributed by atoms with van der Waals surface area (Å²) in [5, 5.41) is 0. The number of methoxy groups -OCH3 is 1. The van der Waals surface area contributed by atoms with Crippen molar-refractivity contribution in [1.82, 2.24) is 0 Å². The number of halogens is 1. The first kappa shape index (κ1) is 14.2. The molecule has 2 atom stereocenters. The second-order valence-electron chi connectivity index (χ2n) is 4.19. The fourth-order valence-electron chi connectivity index (χ4n) is 2.09. The molecule has 0 aromatic heterocycles. The van der Waals surface area contributed by atoms with Crippen molar-refractivity contribution in [3.63, 3.8) is 0 Å². The van der Waals surface area contributed by atoms with E-state index in [-0.39, 0.29) is 5.78 Å². The molecule has 0 aromatic carbocycles. The monoisotopic (exact) mass is 298 g/mol. The summed E-state index contributed by atoms with van der Waals surface area (Å²) in [6, 6.07) is 0. The van der Waals surface area contributed by atoms with E-state index in [2.05, 4.69) is 41.6 Å². The van der Waals surface area contributed by atoms with E-state index in [9.17, 15) is 4.79 Å². The third-order valence-electron chi connectivity index (χ3n) is 3.15. The quantitative estimate of drug-likeness (QED) is 0.693. The largest absolute Gasteiger partial charge is 0.496 e. The van der Waals surface area contributed by atoms with Gasteiger partial charge in [0.1, 0.15) is 5.76 Å². The molecule has 0 saturated carbocycles. The predicted molar refractivity (Wildman–Crippen MR) is 73.8 cm³/mol. The zero-order valence-corrected chi connectivity index (χ0v) is 12.0. The maximum Gasteiger partial charge on any atom is 0.155 e. The minimum absolute atomic E-state index is 0.117. The number of ketones is 1. The topological polar surface area (TPSA) is 26.3 Å². The van der Waals surface area contributed by atoms with Crippen molar-refractivity contribution in [2.45, 2.75) is 26.2 Å². The van der Waals surface area contributed by atoms with Gasteiger partial charge in [0.15, 0.2) is 5.78 Å². The highest BCUT2D eigenvalue weighted by atomic mass is 79.9. The van der Waals surface area contributed by atoms with E-state index in [0.29, 0.717) is 18.3 Å². The number of hydrogen-bond donors (Lipinski definition) is 0. The Kier molecular flexibility index (Phi) is 5.69. The summed E-state index contributed by atoms with van der Waals surface area (Å²) < 4.78 is 6.28. The van der Waals surface area contributed by atoms with Crippen molar-refractivity contribution in [3.05, 3.63) is 35.0 Å². The third-order valence-corrected chi connectivity index (χ3v) is 3.81. The lowest BCUT2D eigenvalue weighted by atomic mass is 9.82. The van der Waals surface area contributed by atoms with E-state index in [1.54, 1.807) is 7.11 Å². The van der Waals surface area contributed by atoms with E-state index in [0.717, 1.165) is 23.1 Å². The van der Waals surface area contributed by atoms with Gasteiger partial charge in [-0.3, -0.25) is 4.79 Å². The number of hydrogen-bond acceptors (Lipinski definition) is 2. The van der Waals surface area contributed by atoms with Crippen molar-refractivity contribution in [2.24, 2.45) is 11.8 Å². The molecule has 0 N–H and O–H groups in total. The van der Waals surface area contributed by atoms with Crippen LogP contribution in [0.3, 0.4) is 0 Å². The minimum atomic E-state index is 0.117. The molecule has 0 aliphatic heterocycles. The molecule has 0 fully saturated rings. The van der Waals surface area contributed by atoms with Gasteiger partial charge in [0, 0.05) is 6.42 Å². The highest BCUT2D eigenvalue weighted by molar-refractivity contribution is 9.11. The Balaban J connectivity index is 2.69. The number of carbonyl (C=O) groups excluding carboxylic acids is 1. The van der Waals surface area contributed by atoms with Crippen LogP contribution in [0.15, 0.2) is 35.0 Å². The van der Waals surface area contributed by atoms with Gasteiger partial charge >= 0.3 is 0 Å². The minimum Gasteiger partial charge on any atom is -0.496 e. The second kappa shape index (κ2) is 6.80. The number of allylic oxidation sites excluding steroid dienone is 4. The van der Waals surface area contributed by atoms with Crippen molar-refractivity contribution in [3.8, 4) is 0 Å². The molecular formula is C14H19BrO2. The Morgan fingerprint density at radius 3 is 2.76 bits per heavy atom. The Hall–Kier alpha value is -0.830. The smallest absolute Gasteiger partial charge is 0.155 e. The number of carbonyl (C=O) groups is 1. The van der Waals surface area contributed by atoms with Crippen LogP contribution in [0.5, 0.6) is 0 Å². The van der Waals surface area contributed by atoms with Crippen molar-refractivity contribution < 1.29 is 9.53 Å². The molecule has 0 spiro atoms. The molecule has 0 radical (unpaired) electrons. The molecule has 94 valence electrons. The van der Waals surface area contributed by atoms with Crippen LogP contribution in [-0.4, -0.2) is 12.9 Å². The fraction of sp³-hybridized carbons (Fsp3) is 0.500. The maximum absolute atomic E-state index is 11.3. The molecule has 0 saturated heterocycles. The first-order valence-electron chi connectivity index (χ1n) is 5.91. The highest BCUT2D eigenvalue weighted by Gasteiger charge is 2.23. The molecule has 2 unspecified atom stereocenters. The van der Waals surface area contributed by atoms with Gasteiger partial charge in [-0.25, -0.2) is 0 Å². The van der Waals surface area contributed by atoms with Crippen LogP contribution in [0.4, 0.5) is 0 Å². The summed E-state index contributed by atoms with van der Waals surface area (Å²) in [4.78, 5) is 11.3. The number of rotatable bonds is 6. The third kappa shape index (κ3) is 3.84. The Morgan fingerprint density at radius 1 is 1.53 bits per heavy atom. The molecule has 17 heavy (non-hydrogen) atoms. The standard InChI is InChI=1S/C14H19BrO2/c1-4-10-9-14(17-3)13(15)8-11(10)6-7-12(16)5-2/h5,8-11H,2,4,6-7H2,1,3H3. The van der Waals surface area contributed by atoms with Crippen LogP contribution in [0.1, 0.15) is 26.2 Å². The van der Waals surface area contributed by atoms with Gasteiger partial charge in [-0.1, -0.05) is 19.6 Å². The van der Waals surface area contributed by atoms with Gasteiger partial charge < -0.3 is 4.74 Å². The van der Waals surface area contributed by atoms with Crippen LogP contribution >= 0.6 is 15.9 Å². The lowest BCUT2D eigenvalue weighted by molar-refractivity contribution is -0.114. The average molecular weight is 299 g/mol. The summed E-state index contributed by atoms with van der Waals surface area (Å²) in [7, 11) is 1.68. The normalized spacial score (nSPS) is 23.7. The zero-order valence-electron chi connectivity index (χ0n) is 10.4. The van der Waals surface area contributed by atoms with Crippen LogP contribution < -0.4 is 0 Å². The summed E-state index contributed by atoms with van der Waals surface area (Å²) in [5.74, 6) is 1.86. The summed E-state index contributed by atoms with van der Waals surface area (Å²) in [6.45, 7) is 5.65. The van der Waals surface area contributed by atoms with E-state index in [4.69, 9.17) is 4.74 Å². The lowest BCUT2D eigenvalue weighted by Crippen LogP contribution is -2.16. The molecule has 1 rings (SSSR count). The first-order valence-corrected chi connectivity index (χ1v) is 6.70. The van der Waals surface area contributed by atoms with Crippen LogP contribution in [0.25, 0.3) is 0 Å². The van der Waals surface area contributed by atoms with Gasteiger partial charge in [-0.2, -0.15) is 0 Å². The molecule has 3 heteroatoms. The molecular weight excluding hydrogens is 280 g/mol. The van der Waals surface area contributed by atoms with E-state index in [1.807, 2.05) is 0 Å².